The summed E-state index contributed by atoms with van der Waals surface area (Å²) in [6.45, 7) is 3.01. The van der Waals surface area contributed by atoms with Crippen LogP contribution in [0.2, 0.25) is 0 Å². The Kier molecular flexibility index (Phi) is 2.20. The van der Waals surface area contributed by atoms with Gasteiger partial charge in [-0.1, -0.05) is 0 Å². The Bertz CT molecular complexity index is 277. The number of thiophene rings is 1. The van der Waals surface area contributed by atoms with Gasteiger partial charge >= 0.3 is 0 Å². The molecule has 2 rings (SSSR count). The average molecular weight is 181 g/mol. The quantitative estimate of drug-likeness (QED) is 0.707. The summed E-state index contributed by atoms with van der Waals surface area (Å²) in [6, 6.07) is 2.33. The molecule has 0 aliphatic heterocycles. The van der Waals surface area contributed by atoms with Crippen LogP contribution in [0.5, 0.6) is 0 Å². The van der Waals surface area contributed by atoms with Crippen molar-refractivity contribution >= 4 is 11.3 Å². The van der Waals surface area contributed by atoms with E-state index in [1.165, 1.54) is 24.1 Å². The molecule has 0 radical (unpaired) electrons. The van der Waals surface area contributed by atoms with Gasteiger partial charge in [-0.25, -0.2) is 0 Å². The molecule has 1 aromatic rings. The van der Waals surface area contributed by atoms with Gasteiger partial charge in [0.05, 0.1) is 0 Å². The minimum Gasteiger partial charge on any atom is -0.330 e. The van der Waals surface area contributed by atoms with Crippen LogP contribution in [-0.2, 0) is 6.42 Å². The average Bonchev–Trinajstić information content (AvgIpc) is 2.44. The molecule has 0 saturated carbocycles. The Labute approximate surface area is 77.6 Å². The van der Waals surface area contributed by atoms with E-state index in [-0.39, 0.29) is 0 Å². The highest BCUT2D eigenvalue weighted by molar-refractivity contribution is 7.12. The van der Waals surface area contributed by atoms with Gasteiger partial charge in [-0.2, -0.15) is 0 Å². The van der Waals surface area contributed by atoms with Gasteiger partial charge in [0.1, 0.15) is 0 Å². The van der Waals surface area contributed by atoms with E-state index in [1.54, 1.807) is 10.4 Å². The van der Waals surface area contributed by atoms with Crippen molar-refractivity contribution in [1.82, 2.24) is 0 Å². The van der Waals surface area contributed by atoms with Gasteiger partial charge in [0, 0.05) is 9.75 Å². The molecular weight excluding hydrogens is 166 g/mol. The van der Waals surface area contributed by atoms with Crippen molar-refractivity contribution in [3.05, 3.63) is 21.4 Å². The van der Waals surface area contributed by atoms with E-state index in [0.29, 0.717) is 5.92 Å². The lowest BCUT2D eigenvalue weighted by molar-refractivity contribution is 0.567. The zero-order valence-electron chi connectivity index (χ0n) is 7.47. The maximum absolute atomic E-state index is 5.73. The van der Waals surface area contributed by atoms with E-state index in [4.69, 9.17) is 5.73 Å². The van der Waals surface area contributed by atoms with Gasteiger partial charge in [0.15, 0.2) is 0 Å². The summed E-state index contributed by atoms with van der Waals surface area (Å²) in [6.07, 6.45) is 3.90. The Morgan fingerprint density at radius 2 is 2.50 bits per heavy atom. The lowest BCUT2D eigenvalue weighted by Gasteiger charge is -2.20. The van der Waals surface area contributed by atoms with Gasteiger partial charge in [-0.05, 0) is 50.3 Å². The van der Waals surface area contributed by atoms with Crippen LogP contribution in [0.4, 0.5) is 0 Å². The molecule has 0 bridgehead atoms. The highest BCUT2D eigenvalue weighted by Crippen LogP contribution is 2.36. The zero-order valence-corrected chi connectivity index (χ0v) is 8.29. The van der Waals surface area contributed by atoms with Crippen molar-refractivity contribution in [2.75, 3.05) is 6.54 Å². The van der Waals surface area contributed by atoms with Crippen LogP contribution in [0.3, 0.4) is 0 Å². The first-order chi connectivity index (χ1) is 5.81. The molecule has 0 saturated heterocycles. The molecule has 0 spiro atoms. The molecule has 66 valence electrons. The van der Waals surface area contributed by atoms with E-state index < -0.39 is 0 Å². The summed E-state index contributed by atoms with van der Waals surface area (Å²) in [5.41, 5.74) is 7.28. The largest absolute Gasteiger partial charge is 0.330 e. The second kappa shape index (κ2) is 3.19. The smallest absolute Gasteiger partial charge is 0.00833 e. The van der Waals surface area contributed by atoms with E-state index >= 15 is 0 Å². The Morgan fingerprint density at radius 1 is 1.67 bits per heavy atom. The summed E-state index contributed by atoms with van der Waals surface area (Å²) in [4.78, 5) is 3.04. The third kappa shape index (κ3) is 1.29. The van der Waals surface area contributed by atoms with Crippen LogP contribution in [-0.4, -0.2) is 6.54 Å². The molecule has 1 aliphatic carbocycles. The monoisotopic (exact) mass is 181 g/mol. The Balaban J connectivity index is 2.36. The van der Waals surface area contributed by atoms with Gasteiger partial charge < -0.3 is 5.73 Å². The maximum Gasteiger partial charge on any atom is 0.00833 e. The second-order valence-corrected chi connectivity index (χ2v) is 4.90. The maximum atomic E-state index is 5.73. The number of aryl methyl sites for hydroxylation is 2. The van der Waals surface area contributed by atoms with Crippen LogP contribution in [0.1, 0.15) is 34.1 Å². The summed E-state index contributed by atoms with van der Waals surface area (Å²) in [5.74, 6) is 0.652. The first kappa shape index (κ1) is 8.27. The molecule has 0 aromatic carbocycles. The number of fused-ring (bicyclic) bond motifs is 1. The fraction of sp³-hybridized carbons (Fsp3) is 0.600. The van der Waals surface area contributed by atoms with E-state index in [1.807, 2.05) is 11.3 Å². The summed E-state index contributed by atoms with van der Waals surface area (Å²) < 4.78 is 0. The van der Waals surface area contributed by atoms with Crippen molar-refractivity contribution in [3.63, 3.8) is 0 Å². The van der Waals surface area contributed by atoms with E-state index in [9.17, 15) is 0 Å². The van der Waals surface area contributed by atoms with Crippen LogP contribution in [0.25, 0.3) is 0 Å². The van der Waals surface area contributed by atoms with Crippen molar-refractivity contribution in [2.45, 2.75) is 32.1 Å². The fourth-order valence-corrected chi connectivity index (χ4v) is 3.20. The van der Waals surface area contributed by atoms with Gasteiger partial charge in [-0.15, -0.1) is 11.3 Å². The highest BCUT2D eigenvalue weighted by atomic mass is 32.1. The van der Waals surface area contributed by atoms with Gasteiger partial charge in [0.2, 0.25) is 0 Å². The molecule has 1 unspecified atom stereocenters. The molecule has 0 fully saturated rings. The van der Waals surface area contributed by atoms with Crippen LogP contribution >= 0.6 is 11.3 Å². The minimum absolute atomic E-state index is 0.652. The molecule has 1 nitrogen and oxygen atoms in total. The second-order valence-electron chi connectivity index (χ2n) is 3.56. The topological polar surface area (TPSA) is 26.0 Å². The lowest BCUT2D eigenvalue weighted by Crippen LogP contribution is -2.16. The predicted molar refractivity (Wildman–Crippen MR) is 53.8 cm³/mol. The van der Waals surface area contributed by atoms with Crippen molar-refractivity contribution in [2.24, 2.45) is 5.73 Å². The van der Waals surface area contributed by atoms with Gasteiger partial charge in [-0.3, -0.25) is 0 Å². The van der Waals surface area contributed by atoms with Crippen LogP contribution in [0, 0.1) is 6.92 Å². The number of nitrogens with two attached hydrogens (primary N) is 1. The highest BCUT2D eigenvalue weighted by Gasteiger charge is 2.20. The first-order valence-corrected chi connectivity index (χ1v) is 5.42. The summed E-state index contributed by atoms with van der Waals surface area (Å²) >= 11 is 1.95. The Morgan fingerprint density at radius 3 is 3.25 bits per heavy atom. The fourth-order valence-electron chi connectivity index (χ4n) is 2.03. The normalized spacial score (nSPS) is 22.3. The zero-order chi connectivity index (χ0) is 8.55. The number of hydrogen-bond acceptors (Lipinski definition) is 2. The molecule has 1 aliphatic rings. The molecule has 2 heteroatoms. The molecule has 12 heavy (non-hydrogen) atoms. The lowest BCUT2D eigenvalue weighted by atomic mass is 9.88. The first-order valence-electron chi connectivity index (χ1n) is 4.60. The molecule has 1 heterocycles. The summed E-state index contributed by atoms with van der Waals surface area (Å²) in [5, 5.41) is 0. The molecule has 1 aromatic heterocycles. The predicted octanol–water partition coefficient (Wildman–Crippen LogP) is 2.44. The number of hydrogen-bond donors (Lipinski definition) is 1. The third-order valence-electron chi connectivity index (χ3n) is 2.65. The number of rotatable bonds is 1. The Hall–Kier alpha value is -0.340. The van der Waals surface area contributed by atoms with Crippen molar-refractivity contribution < 1.29 is 0 Å². The van der Waals surface area contributed by atoms with Crippen molar-refractivity contribution in [3.8, 4) is 0 Å². The standard InChI is InChI=1S/C10H15NS/c1-7-5-9-8(6-11)3-2-4-10(9)12-7/h5,8H,2-4,6,11H2,1H3. The molecule has 2 N–H and O–H groups in total. The SMILES string of the molecule is Cc1cc2c(s1)CCCC2CN. The van der Waals surface area contributed by atoms with Crippen LogP contribution in [0.15, 0.2) is 6.07 Å². The molecule has 1 atom stereocenters. The van der Waals surface area contributed by atoms with E-state index in [2.05, 4.69) is 13.0 Å². The molecular formula is C10H15NS. The van der Waals surface area contributed by atoms with Crippen LogP contribution < -0.4 is 5.73 Å². The van der Waals surface area contributed by atoms with Gasteiger partial charge in [0.25, 0.3) is 0 Å². The molecule has 0 amide bonds. The third-order valence-corrected chi connectivity index (χ3v) is 3.77. The minimum atomic E-state index is 0.652. The summed E-state index contributed by atoms with van der Waals surface area (Å²) in [7, 11) is 0. The van der Waals surface area contributed by atoms with Crippen molar-refractivity contribution in [1.29, 1.82) is 0 Å². The van der Waals surface area contributed by atoms with E-state index in [0.717, 1.165) is 6.54 Å².